The average molecular weight is 198 g/mol. The van der Waals surface area contributed by atoms with Gasteiger partial charge in [0, 0.05) is 26.2 Å². The summed E-state index contributed by atoms with van der Waals surface area (Å²) < 4.78 is 5.71. The van der Waals surface area contributed by atoms with E-state index in [0.717, 1.165) is 26.1 Å². The summed E-state index contributed by atoms with van der Waals surface area (Å²) in [7, 11) is 1.86. The molecule has 0 spiro atoms. The van der Waals surface area contributed by atoms with E-state index in [9.17, 15) is 0 Å². The van der Waals surface area contributed by atoms with Crippen molar-refractivity contribution in [3.63, 3.8) is 0 Å². The number of hydrogen-bond donors (Lipinski definition) is 1. The van der Waals surface area contributed by atoms with Crippen LogP contribution in [0.15, 0.2) is 0 Å². The van der Waals surface area contributed by atoms with Crippen molar-refractivity contribution in [2.75, 3.05) is 26.7 Å². The Labute approximate surface area is 86.6 Å². The summed E-state index contributed by atoms with van der Waals surface area (Å²) in [6.45, 7) is 3.31. The van der Waals surface area contributed by atoms with Crippen LogP contribution in [0.5, 0.6) is 0 Å². The Bertz CT molecular complexity index is 190. The highest BCUT2D eigenvalue weighted by Gasteiger charge is 2.36. The predicted molar refractivity (Wildman–Crippen MR) is 57.2 cm³/mol. The number of nitrogens with two attached hydrogens (primary N) is 1. The highest BCUT2D eigenvalue weighted by molar-refractivity contribution is 4.91. The minimum Gasteiger partial charge on any atom is -0.377 e. The molecule has 1 aliphatic carbocycles. The van der Waals surface area contributed by atoms with E-state index in [1.807, 2.05) is 7.11 Å². The molecule has 1 atom stereocenters. The van der Waals surface area contributed by atoms with E-state index in [2.05, 4.69) is 4.90 Å². The summed E-state index contributed by atoms with van der Waals surface area (Å²) in [5.74, 6) is 0. The first-order valence-corrected chi connectivity index (χ1v) is 5.77. The van der Waals surface area contributed by atoms with E-state index in [0.29, 0.717) is 6.04 Å². The molecular formula is C11H22N2O. The molecule has 0 aromatic carbocycles. The third-order valence-corrected chi connectivity index (χ3v) is 3.77. The normalized spacial score (nSPS) is 32.6. The first kappa shape index (κ1) is 10.4. The highest BCUT2D eigenvalue weighted by Crippen LogP contribution is 2.33. The maximum Gasteiger partial charge on any atom is 0.0805 e. The van der Waals surface area contributed by atoms with Crippen molar-refractivity contribution < 1.29 is 4.74 Å². The fourth-order valence-corrected chi connectivity index (χ4v) is 2.86. The number of hydrogen-bond acceptors (Lipinski definition) is 3. The van der Waals surface area contributed by atoms with Crippen molar-refractivity contribution in [2.24, 2.45) is 5.73 Å². The second-order valence-electron chi connectivity index (χ2n) is 4.88. The van der Waals surface area contributed by atoms with E-state index in [1.165, 1.54) is 25.7 Å². The van der Waals surface area contributed by atoms with Crippen molar-refractivity contribution in [2.45, 2.75) is 43.7 Å². The fraction of sp³-hybridized carbons (Fsp3) is 1.00. The molecule has 14 heavy (non-hydrogen) atoms. The van der Waals surface area contributed by atoms with Crippen LogP contribution in [0.3, 0.4) is 0 Å². The molecule has 1 unspecified atom stereocenters. The summed E-state index contributed by atoms with van der Waals surface area (Å²) in [5.41, 5.74) is 6.06. The van der Waals surface area contributed by atoms with Gasteiger partial charge < -0.3 is 10.5 Å². The van der Waals surface area contributed by atoms with E-state index in [-0.39, 0.29) is 5.60 Å². The van der Waals surface area contributed by atoms with Gasteiger partial charge in [-0.2, -0.15) is 0 Å². The van der Waals surface area contributed by atoms with Crippen LogP contribution in [0.4, 0.5) is 0 Å². The second-order valence-corrected chi connectivity index (χ2v) is 4.88. The molecule has 1 heterocycles. The molecule has 0 bridgehead atoms. The molecule has 1 aliphatic heterocycles. The van der Waals surface area contributed by atoms with Gasteiger partial charge in [-0.05, 0) is 25.8 Å². The molecule has 1 saturated heterocycles. The van der Waals surface area contributed by atoms with Crippen LogP contribution >= 0.6 is 0 Å². The molecule has 2 rings (SSSR count). The Morgan fingerprint density at radius 2 is 2.14 bits per heavy atom. The zero-order chi connectivity index (χ0) is 10.0. The summed E-state index contributed by atoms with van der Waals surface area (Å²) in [5, 5.41) is 0. The van der Waals surface area contributed by atoms with Gasteiger partial charge in [-0.1, -0.05) is 12.8 Å². The monoisotopic (exact) mass is 198 g/mol. The van der Waals surface area contributed by atoms with E-state index in [1.54, 1.807) is 0 Å². The lowest BCUT2D eigenvalue weighted by Crippen LogP contribution is -2.42. The molecule has 82 valence electrons. The largest absolute Gasteiger partial charge is 0.377 e. The summed E-state index contributed by atoms with van der Waals surface area (Å²) >= 11 is 0. The maximum absolute atomic E-state index is 5.90. The van der Waals surface area contributed by atoms with Crippen molar-refractivity contribution in [3.05, 3.63) is 0 Å². The Morgan fingerprint density at radius 3 is 2.64 bits per heavy atom. The van der Waals surface area contributed by atoms with Crippen LogP contribution in [0.25, 0.3) is 0 Å². The molecule has 3 nitrogen and oxygen atoms in total. The number of nitrogens with zero attached hydrogens (tertiary/aromatic N) is 1. The molecule has 0 amide bonds. The van der Waals surface area contributed by atoms with Crippen LogP contribution in [-0.2, 0) is 4.74 Å². The number of rotatable bonds is 3. The predicted octanol–water partition coefficient (Wildman–Crippen LogP) is 0.979. The molecule has 3 heteroatoms. The smallest absolute Gasteiger partial charge is 0.0805 e. The highest BCUT2D eigenvalue weighted by atomic mass is 16.5. The third-order valence-electron chi connectivity index (χ3n) is 3.77. The van der Waals surface area contributed by atoms with Gasteiger partial charge in [-0.25, -0.2) is 0 Å². The number of ether oxygens (including phenoxy) is 1. The standard InChI is InChI=1S/C11H22N2O/c1-14-11(5-2-3-6-11)9-13-7-4-10(12)8-13/h10H,2-9,12H2,1H3. The van der Waals surface area contributed by atoms with Gasteiger partial charge in [-0.3, -0.25) is 4.90 Å². The van der Waals surface area contributed by atoms with Gasteiger partial charge in [0.15, 0.2) is 0 Å². The Hall–Kier alpha value is -0.120. The molecule has 2 fully saturated rings. The van der Waals surface area contributed by atoms with Gasteiger partial charge >= 0.3 is 0 Å². The Balaban J connectivity index is 1.88. The Morgan fingerprint density at radius 1 is 1.43 bits per heavy atom. The van der Waals surface area contributed by atoms with Crippen LogP contribution < -0.4 is 5.73 Å². The fourth-order valence-electron chi connectivity index (χ4n) is 2.86. The summed E-state index contributed by atoms with van der Waals surface area (Å²) in [6, 6.07) is 0.394. The lowest BCUT2D eigenvalue weighted by Gasteiger charge is -2.32. The van der Waals surface area contributed by atoms with Crippen LogP contribution in [0.1, 0.15) is 32.1 Å². The lowest BCUT2D eigenvalue weighted by atomic mass is 10.0. The van der Waals surface area contributed by atoms with Crippen LogP contribution in [0, 0.1) is 0 Å². The van der Waals surface area contributed by atoms with Crippen molar-refractivity contribution >= 4 is 0 Å². The van der Waals surface area contributed by atoms with Crippen LogP contribution in [0.2, 0.25) is 0 Å². The molecule has 0 aromatic heterocycles. The lowest BCUT2D eigenvalue weighted by molar-refractivity contribution is -0.0272. The second kappa shape index (κ2) is 4.17. The molecule has 0 aromatic rings. The minimum absolute atomic E-state index is 0.157. The maximum atomic E-state index is 5.90. The quantitative estimate of drug-likeness (QED) is 0.734. The third kappa shape index (κ3) is 2.10. The van der Waals surface area contributed by atoms with Crippen molar-refractivity contribution in [1.29, 1.82) is 0 Å². The average Bonchev–Trinajstić information content (AvgIpc) is 2.77. The first-order chi connectivity index (χ1) is 6.74. The van der Waals surface area contributed by atoms with E-state index >= 15 is 0 Å². The van der Waals surface area contributed by atoms with E-state index in [4.69, 9.17) is 10.5 Å². The number of likely N-dealkylation sites (tertiary alicyclic amines) is 1. The van der Waals surface area contributed by atoms with Gasteiger partial charge in [0.2, 0.25) is 0 Å². The molecular weight excluding hydrogens is 176 g/mol. The van der Waals surface area contributed by atoms with Crippen molar-refractivity contribution in [3.8, 4) is 0 Å². The van der Waals surface area contributed by atoms with Crippen LogP contribution in [-0.4, -0.2) is 43.3 Å². The van der Waals surface area contributed by atoms with Gasteiger partial charge in [0.1, 0.15) is 0 Å². The zero-order valence-corrected chi connectivity index (χ0v) is 9.17. The van der Waals surface area contributed by atoms with E-state index < -0.39 is 0 Å². The topological polar surface area (TPSA) is 38.5 Å². The number of methoxy groups -OCH3 is 1. The van der Waals surface area contributed by atoms with Gasteiger partial charge in [0.25, 0.3) is 0 Å². The minimum atomic E-state index is 0.157. The zero-order valence-electron chi connectivity index (χ0n) is 9.17. The van der Waals surface area contributed by atoms with Crippen molar-refractivity contribution in [1.82, 2.24) is 4.90 Å². The van der Waals surface area contributed by atoms with Gasteiger partial charge in [0.05, 0.1) is 5.60 Å². The molecule has 0 radical (unpaired) electrons. The molecule has 1 saturated carbocycles. The molecule has 2 N–H and O–H groups in total. The van der Waals surface area contributed by atoms with Gasteiger partial charge in [-0.15, -0.1) is 0 Å². The molecule has 2 aliphatic rings. The summed E-state index contributed by atoms with van der Waals surface area (Å²) in [6.07, 6.45) is 6.27. The first-order valence-electron chi connectivity index (χ1n) is 5.77. The summed E-state index contributed by atoms with van der Waals surface area (Å²) in [4.78, 5) is 2.47. The Kier molecular flexibility index (Phi) is 3.10. The SMILES string of the molecule is COC1(CN2CCC(N)C2)CCCC1.